The third-order valence-electron chi connectivity index (χ3n) is 3.45. The zero-order valence-corrected chi connectivity index (χ0v) is 14.1. The first-order valence-electron chi connectivity index (χ1n) is 7.32. The smallest absolute Gasteiger partial charge is 0.341 e. The van der Waals surface area contributed by atoms with Gasteiger partial charge >= 0.3 is 18.0 Å². The normalized spacial score (nSPS) is 12.4. The van der Waals surface area contributed by atoms with Gasteiger partial charge in [0.1, 0.15) is 5.82 Å². The summed E-state index contributed by atoms with van der Waals surface area (Å²) in [5.41, 5.74) is -0.799. The van der Waals surface area contributed by atoms with Crippen LogP contribution in [-0.2, 0) is 15.8 Å². The number of anilines is 1. The van der Waals surface area contributed by atoms with Gasteiger partial charge in [-0.05, 0) is 42.8 Å². The van der Waals surface area contributed by atoms with Gasteiger partial charge in [-0.3, -0.25) is 9.59 Å². The van der Waals surface area contributed by atoms with Gasteiger partial charge in [0.25, 0.3) is 0 Å². The molecule has 0 saturated heterocycles. The Morgan fingerprint density at radius 2 is 1.65 bits per heavy atom. The summed E-state index contributed by atoms with van der Waals surface area (Å²) in [6, 6.07) is 7.42. The summed E-state index contributed by atoms with van der Waals surface area (Å²) >= 11 is 5.49. The minimum atomic E-state index is -4.70. The summed E-state index contributed by atoms with van der Waals surface area (Å²) in [5, 5.41) is 3.92. The third kappa shape index (κ3) is 4.95. The molecule has 2 aromatic carbocycles. The maximum Gasteiger partial charge on any atom is 0.417 e. The molecule has 0 heterocycles. The third-order valence-corrected chi connectivity index (χ3v) is 3.78. The first kappa shape index (κ1) is 19.7. The lowest BCUT2D eigenvalue weighted by Crippen LogP contribution is -2.36. The van der Waals surface area contributed by atoms with Crippen LogP contribution in [0.5, 0.6) is 0 Å². The largest absolute Gasteiger partial charge is 0.417 e. The van der Waals surface area contributed by atoms with Crippen molar-refractivity contribution in [3.8, 4) is 0 Å². The van der Waals surface area contributed by atoms with E-state index in [9.17, 15) is 27.2 Å². The maximum atomic E-state index is 12.9. The van der Waals surface area contributed by atoms with Crippen LogP contribution in [0.3, 0.4) is 0 Å². The van der Waals surface area contributed by atoms with Gasteiger partial charge in [-0.15, -0.1) is 0 Å². The number of nitrogens with one attached hydrogen (secondary N) is 2. The van der Waals surface area contributed by atoms with Crippen molar-refractivity contribution in [3.63, 3.8) is 0 Å². The number of amides is 2. The fourth-order valence-corrected chi connectivity index (χ4v) is 2.33. The Morgan fingerprint density at radius 1 is 1.04 bits per heavy atom. The van der Waals surface area contributed by atoms with Crippen LogP contribution in [0.25, 0.3) is 0 Å². The topological polar surface area (TPSA) is 58.2 Å². The highest BCUT2D eigenvalue weighted by Crippen LogP contribution is 2.36. The zero-order valence-electron chi connectivity index (χ0n) is 13.3. The highest BCUT2D eigenvalue weighted by Gasteiger charge is 2.33. The molecule has 0 spiro atoms. The molecular formula is C17H13ClF4N2O2. The van der Waals surface area contributed by atoms with Crippen molar-refractivity contribution >= 4 is 29.1 Å². The molecule has 2 rings (SSSR count). The van der Waals surface area contributed by atoms with Gasteiger partial charge in [0.2, 0.25) is 0 Å². The van der Waals surface area contributed by atoms with Gasteiger partial charge in [-0.1, -0.05) is 23.7 Å². The average molecular weight is 389 g/mol. The number of alkyl halides is 3. The van der Waals surface area contributed by atoms with Crippen molar-refractivity contribution in [2.24, 2.45) is 0 Å². The molecule has 9 heteroatoms. The second-order valence-corrected chi connectivity index (χ2v) is 5.80. The van der Waals surface area contributed by atoms with Crippen LogP contribution >= 0.6 is 11.6 Å². The van der Waals surface area contributed by atoms with E-state index in [2.05, 4.69) is 10.6 Å². The van der Waals surface area contributed by atoms with Gasteiger partial charge in [0.05, 0.1) is 16.6 Å². The number of rotatable bonds is 3. The first-order chi connectivity index (χ1) is 12.1. The number of halogens is 5. The second kappa shape index (κ2) is 7.74. The van der Waals surface area contributed by atoms with Crippen LogP contribution in [0.15, 0.2) is 42.5 Å². The molecule has 2 N–H and O–H groups in total. The molecule has 0 saturated carbocycles. The summed E-state index contributed by atoms with van der Waals surface area (Å²) in [7, 11) is 0. The molecule has 0 aromatic heterocycles. The molecule has 1 atom stereocenters. The van der Waals surface area contributed by atoms with Gasteiger partial charge < -0.3 is 10.6 Å². The minimum Gasteiger partial charge on any atom is -0.341 e. The predicted octanol–water partition coefficient (Wildman–Crippen LogP) is 4.31. The fourth-order valence-electron chi connectivity index (χ4n) is 2.11. The standard InChI is InChI=1S/C17H13ClF4N2O2/c1-9(10-2-4-11(19)5-3-10)23-15(25)16(26)24-12-6-7-14(18)13(8-12)17(20,21)22/h2-9H,1H3,(H,23,25)(H,24,26)/t9-/m1/s1. The molecule has 0 radical (unpaired) electrons. The summed E-state index contributed by atoms with van der Waals surface area (Å²) in [6.45, 7) is 1.57. The molecular weight excluding hydrogens is 376 g/mol. The molecule has 2 amide bonds. The first-order valence-corrected chi connectivity index (χ1v) is 7.70. The van der Waals surface area contributed by atoms with Crippen molar-refractivity contribution in [1.29, 1.82) is 0 Å². The Hall–Kier alpha value is -2.61. The zero-order chi connectivity index (χ0) is 19.5. The van der Waals surface area contributed by atoms with E-state index >= 15 is 0 Å². The van der Waals surface area contributed by atoms with Crippen LogP contribution in [0.4, 0.5) is 23.2 Å². The Labute approximate surface area is 151 Å². The minimum absolute atomic E-state index is 0.226. The van der Waals surface area contributed by atoms with Gasteiger partial charge in [0.15, 0.2) is 0 Å². The van der Waals surface area contributed by atoms with Crippen molar-refractivity contribution < 1.29 is 27.2 Å². The van der Waals surface area contributed by atoms with Crippen LogP contribution in [-0.4, -0.2) is 11.8 Å². The highest BCUT2D eigenvalue weighted by molar-refractivity contribution is 6.39. The van der Waals surface area contributed by atoms with E-state index in [-0.39, 0.29) is 5.69 Å². The Morgan fingerprint density at radius 3 is 2.23 bits per heavy atom. The number of hydrogen-bond donors (Lipinski definition) is 2. The SMILES string of the molecule is C[C@@H](NC(=O)C(=O)Nc1ccc(Cl)c(C(F)(F)F)c1)c1ccc(F)cc1. The van der Waals surface area contributed by atoms with Gasteiger partial charge in [0, 0.05) is 5.69 Å². The molecule has 0 fully saturated rings. The van der Waals surface area contributed by atoms with Crippen LogP contribution in [0.2, 0.25) is 5.02 Å². The van der Waals surface area contributed by atoms with Crippen molar-refractivity contribution in [1.82, 2.24) is 5.32 Å². The van der Waals surface area contributed by atoms with E-state index in [1.165, 1.54) is 24.3 Å². The lowest BCUT2D eigenvalue weighted by Gasteiger charge is -2.15. The molecule has 4 nitrogen and oxygen atoms in total. The van der Waals surface area contributed by atoms with E-state index in [0.717, 1.165) is 12.1 Å². The van der Waals surface area contributed by atoms with Crippen LogP contribution in [0, 0.1) is 5.82 Å². The molecule has 0 aliphatic carbocycles. The van der Waals surface area contributed by atoms with E-state index in [1.54, 1.807) is 6.92 Å². The highest BCUT2D eigenvalue weighted by atomic mass is 35.5. The lowest BCUT2D eigenvalue weighted by atomic mass is 10.1. The van der Waals surface area contributed by atoms with Gasteiger partial charge in [-0.25, -0.2) is 4.39 Å². The van der Waals surface area contributed by atoms with E-state index in [0.29, 0.717) is 11.6 Å². The Balaban J connectivity index is 2.05. The van der Waals surface area contributed by atoms with Crippen molar-refractivity contribution in [3.05, 3.63) is 64.4 Å². The van der Waals surface area contributed by atoms with E-state index in [4.69, 9.17) is 11.6 Å². The fraction of sp³-hybridized carbons (Fsp3) is 0.176. The molecule has 0 unspecified atom stereocenters. The van der Waals surface area contributed by atoms with Crippen LogP contribution < -0.4 is 10.6 Å². The van der Waals surface area contributed by atoms with Gasteiger partial charge in [-0.2, -0.15) is 13.2 Å². The summed E-state index contributed by atoms with van der Waals surface area (Å²) in [6.07, 6.45) is -4.70. The summed E-state index contributed by atoms with van der Waals surface area (Å²) < 4.78 is 51.3. The second-order valence-electron chi connectivity index (χ2n) is 5.39. The number of carbonyl (C=O) groups excluding carboxylic acids is 2. The predicted molar refractivity (Wildman–Crippen MR) is 88.0 cm³/mol. The lowest BCUT2D eigenvalue weighted by molar-refractivity contribution is -0.137. The molecule has 0 bridgehead atoms. The Kier molecular flexibility index (Phi) is 5.86. The molecule has 0 aliphatic heterocycles. The quantitative estimate of drug-likeness (QED) is 0.608. The maximum absolute atomic E-state index is 12.9. The monoisotopic (exact) mass is 388 g/mol. The molecule has 0 aliphatic rings. The Bertz CT molecular complexity index is 823. The molecule has 26 heavy (non-hydrogen) atoms. The number of benzene rings is 2. The van der Waals surface area contributed by atoms with Crippen LogP contribution in [0.1, 0.15) is 24.1 Å². The summed E-state index contributed by atoms with van der Waals surface area (Å²) in [5.74, 6) is -2.65. The van der Waals surface area contributed by atoms with Crippen molar-refractivity contribution in [2.45, 2.75) is 19.1 Å². The van der Waals surface area contributed by atoms with E-state index < -0.39 is 40.4 Å². The summed E-state index contributed by atoms with van der Waals surface area (Å²) in [4.78, 5) is 23.8. The number of carbonyl (C=O) groups is 2. The van der Waals surface area contributed by atoms with Crippen molar-refractivity contribution in [2.75, 3.05) is 5.32 Å². The molecule has 2 aromatic rings. The average Bonchev–Trinajstić information content (AvgIpc) is 2.56. The molecule has 138 valence electrons. The number of hydrogen-bond acceptors (Lipinski definition) is 2. The van der Waals surface area contributed by atoms with E-state index in [1.807, 2.05) is 0 Å².